The first-order valence-corrected chi connectivity index (χ1v) is 14.6. The molecule has 1 aromatic heterocycles. The van der Waals surface area contributed by atoms with Crippen LogP contribution < -0.4 is 0 Å². The molecular weight excluding hydrogens is 524 g/mol. The number of carbonyl (C=O) groups is 1. The van der Waals surface area contributed by atoms with E-state index in [-0.39, 0.29) is 42.4 Å². The Bertz CT molecular complexity index is 1230. The molecule has 0 aliphatic carbocycles. The highest BCUT2D eigenvalue weighted by Crippen LogP contribution is 2.37. The van der Waals surface area contributed by atoms with Crippen LogP contribution in [0.4, 0.5) is 0 Å². The Morgan fingerprint density at radius 3 is 2.71 bits per heavy atom. The number of hydrogen-bond acceptors (Lipinski definition) is 9. The average molecular weight is 565 g/mol. The van der Waals surface area contributed by atoms with Gasteiger partial charge in [0.1, 0.15) is 18.1 Å². The van der Waals surface area contributed by atoms with E-state index in [4.69, 9.17) is 28.1 Å². The molecule has 220 valence electrons. The van der Waals surface area contributed by atoms with E-state index >= 15 is 0 Å². The number of allylic oxidation sites excluding steroid dienone is 1. The third-order valence-electron chi connectivity index (χ3n) is 8.45. The van der Waals surface area contributed by atoms with E-state index in [2.05, 4.69) is 17.6 Å². The maximum Gasteiger partial charge on any atom is 0.330 e. The van der Waals surface area contributed by atoms with Gasteiger partial charge in [-0.25, -0.2) is 9.78 Å². The standard InChI is InChI=1S/C32H40N2O7/c1-19-15-23-7-5-10-29(35)41-31-21(3)27(40-30(22(31)4)20(2)11-13-33)8-6-9-28-34-26(18-37-28)32-36-14-12-24(39-32)17-25(16-19)38-23/h5-6,9-11,18,21-25,27,30-32H,1,7-8,12,14-17H2,2-4H3/b9-6+,10-5?,20-11+/t21-,22-,23-,24-,25+,27+,30-,31-,32-/m0/s1. The van der Waals surface area contributed by atoms with Gasteiger partial charge in [-0.2, -0.15) is 5.26 Å². The summed E-state index contributed by atoms with van der Waals surface area (Å²) in [6.45, 7) is 10.7. The molecule has 0 spiro atoms. The largest absolute Gasteiger partial charge is 0.458 e. The van der Waals surface area contributed by atoms with Crippen LogP contribution in [0.15, 0.2) is 52.7 Å². The monoisotopic (exact) mass is 564 g/mol. The number of nitriles is 1. The molecule has 0 N–H and O–H groups in total. The van der Waals surface area contributed by atoms with Crippen molar-refractivity contribution in [3.63, 3.8) is 0 Å². The average Bonchev–Trinajstić information content (AvgIpc) is 3.41. The van der Waals surface area contributed by atoms with Gasteiger partial charge in [-0.05, 0) is 50.7 Å². The number of ether oxygens (including phenoxy) is 5. The maximum absolute atomic E-state index is 13.0. The lowest BCUT2D eigenvalue weighted by Crippen LogP contribution is -2.50. The number of nitrogens with zero attached hydrogens (tertiary/aromatic N) is 2. The lowest BCUT2D eigenvalue weighted by Gasteiger charge is -2.44. The normalized spacial score (nSPS) is 37.8. The van der Waals surface area contributed by atoms with Crippen LogP contribution in [0.5, 0.6) is 0 Å². The number of fused-ring (bicyclic) bond motifs is 9. The Balaban J connectivity index is 1.41. The highest BCUT2D eigenvalue weighted by Gasteiger charge is 2.43. The third-order valence-corrected chi connectivity index (χ3v) is 8.45. The van der Waals surface area contributed by atoms with Crippen LogP contribution in [0.25, 0.3) is 6.08 Å². The molecule has 0 radical (unpaired) electrons. The zero-order chi connectivity index (χ0) is 28.9. The summed E-state index contributed by atoms with van der Waals surface area (Å²) in [6.07, 6.45) is 12.6. The minimum atomic E-state index is -0.595. The minimum absolute atomic E-state index is 0.0160. The second-order valence-electron chi connectivity index (χ2n) is 11.6. The van der Waals surface area contributed by atoms with Gasteiger partial charge < -0.3 is 28.1 Å². The predicted octanol–water partition coefficient (Wildman–Crippen LogP) is 5.76. The number of esters is 1. The van der Waals surface area contributed by atoms with Gasteiger partial charge in [-0.15, -0.1) is 0 Å². The fraction of sp³-hybridized carbons (Fsp3) is 0.594. The Hall–Kier alpha value is -3.03. The van der Waals surface area contributed by atoms with Gasteiger partial charge in [0.25, 0.3) is 0 Å². The molecule has 9 heteroatoms. The van der Waals surface area contributed by atoms with E-state index < -0.39 is 18.4 Å². The topological polar surface area (TPSA) is 113 Å². The van der Waals surface area contributed by atoms with Gasteiger partial charge in [-0.1, -0.05) is 38.2 Å². The van der Waals surface area contributed by atoms with Gasteiger partial charge in [0.15, 0.2) is 0 Å². The summed E-state index contributed by atoms with van der Waals surface area (Å²) in [4.78, 5) is 17.6. The number of oxazole rings is 1. The molecule has 9 atom stereocenters. The minimum Gasteiger partial charge on any atom is -0.458 e. The Morgan fingerprint density at radius 2 is 1.88 bits per heavy atom. The summed E-state index contributed by atoms with van der Waals surface area (Å²) in [5.41, 5.74) is 2.54. The van der Waals surface area contributed by atoms with Crippen molar-refractivity contribution in [2.24, 2.45) is 11.8 Å². The van der Waals surface area contributed by atoms with Gasteiger partial charge in [0.2, 0.25) is 12.2 Å². The zero-order valence-electron chi connectivity index (χ0n) is 24.1. The van der Waals surface area contributed by atoms with E-state index in [0.29, 0.717) is 31.0 Å². The number of rotatable bonds is 1. The van der Waals surface area contributed by atoms with E-state index in [0.717, 1.165) is 36.8 Å². The van der Waals surface area contributed by atoms with Crippen LogP contribution in [0, 0.1) is 23.2 Å². The second kappa shape index (κ2) is 13.3. The molecule has 9 nitrogen and oxygen atoms in total. The summed E-state index contributed by atoms with van der Waals surface area (Å²) in [6, 6.07) is 2.10. The summed E-state index contributed by atoms with van der Waals surface area (Å²) in [5.74, 6) is -0.166. The number of carbonyl (C=O) groups excluding carboxylic acids is 1. The van der Waals surface area contributed by atoms with E-state index in [1.54, 1.807) is 12.3 Å². The summed E-state index contributed by atoms with van der Waals surface area (Å²) in [5, 5.41) is 9.25. The highest BCUT2D eigenvalue weighted by atomic mass is 16.7. The molecular formula is C32H40N2O7. The van der Waals surface area contributed by atoms with Crippen LogP contribution in [0.2, 0.25) is 0 Å². The first-order valence-electron chi connectivity index (χ1n) is 14.6. The molecule has 5 heterocycles. The van der Waals surface area contributed by atoms with Gasteiger partial charge in [0.05, 0.1) is 43.2 Å². The van der Waals surface area contributed by atoms with Crippen LogP contribution in [-0.4, -0.2) is 54.2 Å². The fourth-order valence-electron chi connectivity index (χ4n) is 6.35. The second-order valence-corrected chi connectivity index (χ2v) is 11.6. The van der Waals surface area contributed by atoms with Crippen molar-refractivity contribution in [3.05, 3.63) is 59.9 Å². The Morgan fingerprint density at radius 1 is 1.07 bits per heavy atom. The van der Waals surface area contributed by atoms with E-state index in [1.165, 1.54) is 12.2 Å². The van der Waals surface area contributed by atoms with Crippen molar-refractivity contribution in [1.82, 2.24) is 4.98 Å². The maximum atomic E-state index is 13.0. The van der Waals surface area contributed by atoms with Gasteiger partial charge in [0, 0.05) is 30.4 Å². The van der Waals surface area contributed by atoms with Crippen LogP contribution in [-0.2, 0) is 28.5 Å². The molecule has 3 saturated heterocycles. The lowest BCUT2D eigenvalue weighted by molar-refractivity contribution is -0.227. The Kier molecular flexibility index (Phi) is 9.56. The van der Waals surface area contributed by atoms with Crippen LogP contribution >= 0.6 is 0 Å². The van der Waals surface area contributed by atoms with E-state index in [1.807, 2.05) is 32.9 Å². The van der Waals surface area contributed by atoms with Crippen molar-refractivity contribution < 1.29 is 32.9 Å². The van der Waals surface area contributed by atoms with Crippen molar-refractivity contribution >= 4 is 12.0 Å². The van der Waals surface area contributed by atoms with Crippen molar-refractivity contribution in [1.29, 1.82) is 5.26 Å². The molecule has 1 aromatic rings. The molecule has 5 rings (SSSR count). The fourth-order valence-corrected chi connectivity index (χ4v) is 6.35. The SMILES string of the molecule is C=C1C[C@@H]2C[C@@H]3CCO[C@@H](O3)c3coc(n3)/C=C/C[C@H]3O[C@@H](/C(C)=C/C#N)[C@H](C)[C@@H](OC(=O)C=CC[C@@H](C1)O2)[C@H]3C. The third kappa shape index (κ3) is 7.25. The lowest BCUT2D eigenvalue weighted by atomic mass is 9.79. The first kappa shape index (κ1) is 29.5. The molecule has 4 aliphatic heterocycles. The van der Waals surface area contributed by atoms with Crippen molar-refractivity contribution in [2.45, 2.75) is 102 Å². The van der Waals surface area contributed by atoms with Crippen molar-refractivity contribution in [3.8, 4) is 6.07 Å². The molecule has 0 unspecified atom stereocenters. The predicted molar refractivity (Wildman–Crippen MR) is 150 cm³/mol. The summed E-state index contributed by atoms with van der Waals surface area (Å²) >= 11 is 0. The molecule has 8 bridgehead atoms. The molecule has 0 saturated carbocycles. The number of aromatic nitrogens is 1. The van der Waals surface area contributed by atoms with Crippen molar-refractivity contribution in [2.75, 3.05) is 6.61 Å². The molecule has 4 aliphatic rings. The van der Waals surface area contributed by atoms with Gasteiger partial charge in [-0.3, -0.25) is 0 Å². The van der Waals surface area contributed by atoms with E-state index in [9.17, 15) is 10.1 Å². The smallest absolute Gasteiger partial charge is 0.330 e. The Labute approximate surface area is 241 Å². The zero-order valence-corrected chi connectivity index (χ0v) is 24.1. The summed E-state index contributed by atoms with van der Waals surface area (Å²) < 4.78 is 36.7. The molecule has 41 heavy (non-hydrogen) atoms. The molecule has 0 aromatic carbocycles. The quantitative estimate of drug-likeness (QED) is 0.239. The van der Waals surface area contributed by atoms with Gasteiger partial charge >= 0.3 is 5.97 Å². The van der Waals surface area contributed by atoms with Crippen LogP contribution in [0.3, 0.4) is 0 Å². The van der Waals surface area contributed by atoms with Crippen LogP contribution in [0.1, 0.15) is 77.2 Å². The molecule has 0 amide bonds. The number of hydrogen-bond donors (Lipinski definition) is 0. The highest BCUT2D eigenvalue weighted by molar-refractivity contribution is 5.82. The summed E-state index contributed by atoms with van der Waals surface area (Å²) in [7, 11) is 0. The first-order chi connectivity index (χ1) is 19.8. The molecule has 3 fully saturated rings.